The summed E-state index contributed by atoms with van der Waals surface area (Å²) >= 11 is 0. The maximum Gasteiger partial charge on any atom is 0.331 e. The molecule has 0 atom stereocenters. The number of carbonyl (C=O) groups is 1. The summed E-state index contributed by atoms with van der Waals surface area (Å²) in [6.07, 6.45) is 3.13. The van der Waals surface area contributed by atoms with Crippen LogP contribution in [-0.4, -0.2) is 33.0 Å². The second-order valence-electron chi connectivity index (χ2n) is 5.69. The number of nitriles is 1. The molecule has 0 bridgehead atoms. The largest absolute Gasteiger partial charge is 0.341 e. The number of hydrogen-bond donors (Lipinski definition) is 0. The van der Waals surface area contributed by atoms with Gasteiger partial charge in [-0.2, -0.15) is 5.26 Å². The minimum absolute atomic E-state index is 0.00786. The highest BCUT2D eigenvalue weighted by atomic mass is 16.2. The first-order chi connectivity index (χ1) is 11.0. The Labute approximate surface area is 134 Å². The Bertz CT molecular complexity index is 754. The fourth-order valence-electron chi connectivity index (χ4n) is 2.93. The van der Waals surface area contributed by atoms with Gasteiger partial charge in [-0.3, -0.25) is 14.2 Å². The molecule has 0 spiro atoms. The van der Waals surface area contributed by atoms with Gasteiger partial charge in [0.05, 0.1) is 0 Å². The predicted molar refractivity (Wildman–Crippen MR) is 85.2 cm³/mol. The fourth-order valence-corrected chi connectivity index (χ4v) is 2.93. The van der Waals surface area contributed by atoms with Gasteiger partial charge in [0.1, 0.15) is 18.2 Å². The first-order valence-corrected chi connectivity index (χ1v) is 8.09. The number of aromatic nitrogens is 2. The molecule has 1 aromatic rings. The Kier molecular flexibility index (Phi) is 5.37. The zero-order valence-corrected chi connectivity index (χ0v) is 13.7. The standard InChI is InChI=1S/C16H22N4O3/c1-3-5-8-18(4-2)14(21)11-20-15(22)12(10-17)13-7-6-9-19(13)16(20)23/h3-9,11H2,1-2H3. The van der Waals surface area contributed by atoms with Crippen LogP contribution in [0, 0.1) is 11.3 Å². The van der Waals surface area contributed by atoms with Crippen molar-refractivity contribution in [3.05, 3.63) is 32.1 Å². The molecule has 0 radical (unpaired) electrons. The van der Waals surface area contributed by atoms with Crippen LogP contribution in [0.5, 0.6) is 0 Å². The van der Waals surface area contributed by atoms with Gasteiger partial charge in [-0.25, -0.2) is 9.36 Å². The third-order valence-electron chi connectivity index (χ3n) is 4.25. The zero-order chi connectivity index (χ0) is 17.0. The smallest absolute Gasteiger partial charge is 0.331 e. The first kappa shape index (κ1) is 17.0. The van der Waals surface area contributed by atoms with E-state index in [2.05, 4.69) is 0 Å². The second-order valence-corrected chi connectivity index (χ2v) is 5.69. The predicted octanol–water partition coefficient (Wildman–Crippen LogP) is 0.476. The van der Waals surface area contributed by atoms with E-state index in [0.717, 1.165) is 23.8 Å². The lowest BCUT2D eigenvalue weighted by Crippen LogP contribution is -2.46. The molecule has 7 nitrogen and oxygen atoms in total. The minimum Gasteiger partial charge on any atom is -0.341 e. The summed E-state index contributed by atoms with van der Waals surface area (Å²) in [6.45, 7) is 5.24. The van der Waals surface area contributed by atoms with Crippen LogP contribution in [0.2, 0.25) is 0 Å². The molecule has 0 saturated heterocycles. The number of carbonyl (C=O) groups excluding carboxylic acids is 1. The lowest BCUT2D eigenvalue weighted by atomic mass is 10.2. The molecule has 1 amide bonds. The summed E-state index contributed by atoms with van der Waals surface area (Å²) in [5.74, 6) is -0.261. The Morgan fingerprint density at radius 2 is 2.09 bits per heavy atom. The Morgan fingerprint density at radius 3 is 2.70 bits per heavy atom. The summed E-state index contributed by atoms with van der Waals surface area (Å²) in [5.41, 5.74) is -0.636. The summed E-state index contributed by atoms with van der Waals surface area (Å²) in [6, 6.07) is 1.90. The highest BCUT2D eigenvalue weighted by Gasteiger charge is 2.24. The molecule has 2 heterocycles. The molecule has 0 unspecified atom stereocenters. The molecule has 1 aliphatic heterocycles. The van der Waals surface area contributed by atoms with Crippen molar-refractivity contribution in [2.75, 3.05) is 13.1 Å². The highest BCUT2D eigenvalue weighted by Crippen LogP contribution is 2.13. The van der Waals surface area contributed by atoms with E-state index in [-0.39, 0.29) is 18.0 Å². The Balaban J connectivity index is 2.38. The number of hydrogen-bond acceptors (Lipinski definition) is 4. The van der Waals surface area contributed by atoms with Crippen LogP contribution in [0.4, 0.5) is 0 Å². The normalized spacial score (nSPS) is 12.7. The van der Waals surface area contributed by atoms with Gasteiger partial charge in [-0.15, -0.1) is 0 Å². The van der Waals surface area contributed by atoms with Gasteiger partial charge in [-0.1, -0.05) is 13.3 Å². The van der Waals surface area contributed by atoms with Crippen molar-refractivity contribution in [2.45, 2.75) is 52.6 Å². The zero-order valence-electron chi connectivity index (χ0n) is 13.7. The van der Waals surface area contributed by atoms with Crippen LogP contribution in [0.25, 0.3) is 0 Å². The Morgan fingerprint density at radius 1 is 1.35 bits per heavy atom. The SMILES string of the molecule is CCCCN(CC)C(=O)Cn1c(=O)c(C#N)c2n(c1=O)CCC2. The van der Waals surface area contributed by atoms with E-state index in [4.69, 9.17) is 0 Å². The first-order valence-electron chi connectivity index (χ1n) is 8.09. The van der Waals surface area contributed by atoms with E-state index >= 15 is 0 Å². The van der Waals surface area contributed by atoms with Crippen molar-refractivity contribution in [1.29, 1.82) is 5.26 Å². The van der Waals surface area contributed by atoms with Gasteiger partial charge in [-0.05, 0) is 26.2 Å². The van der Waals surface area contributed by atoms with E-state index in [9.17, 15) is 19.6 Å². The number of unbranched alkanes of at least 4 members (excludes halogenated alkanes) is 1. The molecule has 1 aromatic heterocycles. The molecular formula is C16H22N4O3. The summed E-state index contributed by atoms with van der Waals surface area (Å²) in [4.78, 5) is 38.9. The van der Waals surface area contributed by atoms with E-state index in [1.807, 2.05) is 19.9 Å². The maximum absolute atomic E-state index is 12.5. The van der Waals surface area contributed by atoms with Gasteiger partial charge < -0.3 is 4.90 Å². The van der Waals surface area contributed by atoms with Crippen LogP contribution < -0.4 is 11.2 Å². The summed E-state index contributed by atoms with van der Waals surface area (Å²) < 4.78 is 2.36. The fraction of sp³-hybridized carbons (Fsp3) is 0.625. The van der Waals surface area contributed by atoms with Gasteiger partial charge in [0.25, 0.3) is 5.56 Å². The van der Waals surface area contributed by atoms with Crippen molar-refractivity contribution < 1.29 is 4.79 Å². The van der Waals surface area contributed by atoms with Crippen molar-refractivity contribution in [2.24, 2.45) is 0 Å². The van der Waals surface area contributed by atoms with Crippen molar-refractivity contribution in [1.82, 2.24) is 14.0 Å². The highest BCUT2D eigenvalue weighted by molar-refractivity contribution is 5.76. The topological polar surface area (TPSA) is 88.1 Å². The lowest BCUT2D eigenvalue weighted by molar-refractivity contribution is -0.131. The molecule has 7 heteroatoms. The Hall–Kier alpha value is -2.36. The van der Waals surface area contributed by atoms with Crippen LogP contribution >= 0.6 is 0 Å². The second kappa shape index (κ2) is 7.27. The lowest BCUT2D eigenvalue weighted by Gasteiger charge is -2.21. The molecule has 0 aliphatic carbocycles. The molecule has 2 rings (SSSR count). The third-order valence-corrected chi connectivity index (χ3v) is 4.25. The minimum atomic E-state index is -0.648. The number of fused-ring (bicyclic) bond motifs is 1. The van der Waals surface area contributed by atoms with Crippen molar-refractivity contribution in [3.8, 4) is 6.07 Å². The molecule has 0 fully saturated rings. The molecule has 0 saturated carbocycles. The number of nitrogens with zero attached hydrogens (tertiary/aromatic N) is 4. The average Bonchev–Trinajstić information content (AvgIpc) is 3.02. The van der Waals surface area contributed by atoms with Crippen LogP contribution in [0.3, 0.4) is 0 Å². The molecule has 0 N–H and O–H groups in total. The number of rotatable bonds is 6. The van der Waals surface area contributed by atoms with Crippen LogP contribution in [-0.2, 0) is 24.3 Å². The van der Waals surface area contributed by atoms with E-state index in [1.165, 1.54) is 4.57 Å². The average molecular weight is 318 g/mol. The molecular weight excluding hydrogens is 296 g/mol. The maximum atomic E-state index is 12.5. The molecule has 124 valence electrons. The van der Waals surface area contributed by atoms with Crippen LogP contribution in [0.1, 0.15) is 44.4 Å². The number of amides is 1. The number of likely N-dealkylation sites (N-methyl/N-ethyl adjacent to an activating group) is 1. The van der Waals surface area contributed by atoms with Crippen molar-refractivity contribution in [3.63, 3.8) is 0 Å². The molecule has 0 aromatic carbocycles. The summed E-state index contributed by atoms with van der Waals surface area (Å²) in [7, 11) is 0. The monoisotopic (exact) mass is 318 g/mol. The third kappa shape index (κ3) is 3.21. The van der Waals surface area contributed by atoms with Crippen molar-refractivity contribution >= 4 is 5.91 Å². The molecule has 1 aliphatic rings. The van der Waals surface area contributed by atoms with E-state index in [0.29, 0.717) is 31.7 Å². The quantitative estimate of drug-likeness (QED) is 0.763. The van der Waals surface area contributed by atoms with E-state index < -0.39 is 11.2 Å². The summed E-state index contributed by atoms with van der Waals surface area (Å²) in [5, 5.41) is 9.23. The van der Waals surface area contributed by atoms with Crippen LogP contribution in [0.15, 0.2) is 9.59 Å². The van der Waals surface area contributed by atoms with Gasteiger partial charge >= 0.3 is 5.69 Å². The van der Waals surface area contributed by atoms with Gasteiger partial charge in [0.15, 0.2) is 0 Å². The van der Waals surface area contributed by atoms with E-state index in [1.54, 1.807) is 4.90 Å². The van der Waals surface area contributed by atoms with Gasteiger partial charge in [0, 0.05) is 25.3 Å². The van der Waals surface area contributed by atoms with Gasteiger partial charge in [0.2, 0.25) is 5.91 Å². The molecule has 23 heavy (non-hydrogen) atoms.